The molecule has 0 aliphatic heterocycles. The molecule has 0 saturated heterocycles. The summed E-state index contributed by atoms with van der Waals surface area (Å²) in [5.41, 5.74) is 3.44. The molecule has 2 N–H and O–H groups in total. The van der Waals surface area contributed by atoms with E-state index in [-0.39, 0.29) is 5.56 Å². The van der Waals surface area contributed by atoms with Gasteiger partial charge in [-0.25, -0.2) is 4.79 Å². The number of nitrogens with zero attached hydrogens (tertiary/aromatic N) is 1. The van der Waals surface area contributed by atoms with E-state index in [1.54, 1.807) is 0 Å². The van der Waals surface area contributed by atoms with Gasteiger partial charge in [-0.3, -0.25) is 0 Å². The Labute approximate surface area is 117 Å². The van der Waals surface area contributed by atoms with Gasteiger partial charge in [0.15, 0.2) is 0 Å². The van der Waals surface area contributed by atoms with E-state index in [0.717, 1.165) is 16.9 Å². The quantitative estimate of drug-likeness (QED) is 0.877. The third-order valence-electron chi connectivity index (χ3n) is 3.08. The smallest absolute Gasteiger partial charge is 0.338 e. The van der Waals surface area contributed by atoms with E-state index >= 15 is 0 Å². The zero-order chi connectivity index (χ0) is 14.7. The lowest BCUT2D eigenvalue weighted by atomic mass is 10.1. The van der Waals surface area contributed by atoms with Gasteiger partial charge >= 0.3 is 5.97 Å². The first-order chi connectivity index (χ1) is 9.47. The van der Waals surface area contributed by atoms with Crippen molar-refractivity contribution in [2.75, 3.05) is 24.3 Å². The van der Waals surface area contributed by atoms with Crippen LogP contribution in [0.4, 0.5) is 11.4 Å². The second-order valence-corrected chi connectivity index (χ2v) is 4.85. The van der Waals surface area contributed by atoms with Crippen molar-refractivity contribution in [2.45, 2.75) is 13.5 Å². The summed E-state index contributed by atoms with van der Waals surface area (Å²) >= 11 is 0. The standard InChI is InChI=1S/C15H18N2O3/c1-10-6-12(17(2)3)4-5-14(10)16-8-13-7-11(9-20-13)15(18)19/h4-7,9,16H,8H2,1-3H3,(H,18,19). The molecule has 0 unspecified atom stereocenters. The van der Waals surface area contributed by atoms with Crippen molar-refractivity contribution in [3.05, 3.63) is 47.4 Å². The third kappa shape index (κ3) is 3.12. The number of nitrogens with one attached hydrogen (secondary N) is 1. The van der Waals surface area contributed by atoms with Gasteiger partial charge in [0.2, 0.25) is 0 Å². The summed E-state index contributed by atoms with van der Waals surface area (Å²) in [6, 6.07) is 7.65. The molecule has 0 saturated carbocycles. The Kier molecular flexibility index (Phi) is 3.98. The molecule has 2 aromatic rings. The van der Waals surface area contributed by atoms with Crippen molar-refractivity contribution >= 4 is 17.3 Å². The molecular weight excluding hydrogens is 256 g/mol. The van der Waals surface area contributed by atoms with E-state index < -0.39 is 5.97 Å². The topological polar surface area (TPSA) is 65.7 Å². The van der Waals surface area contributed by atoms with E-state index in [9.17, 15) is 4.79 Å². The summed E-state index contributed by atoms with van der Waals surface area (Å²) in [6.07, 6.45) is 1.25. The predicted octanol–water partition coefficient (Wildman–Crippen LogP) is 2.96. The summed E-state index contributed by atoms with van der Waals surface area (Å²) in [6.45, 7) is 2.48. The number of carboxylic acid groups (broad SMARTS) is 1. The highest BCUT2D eigenvalue weighted by atomic mass is 16.4. The molecule has 0 fully saturated rings. The van der Waals surface area contributed by atoms with Crippen molar-refractivity contribution in [3.8, 4) is 0 Å². The van der Waals surface area contributed by atoms with Crippen LogP contribution in [0, 0.1) is 6.92 Å². The lowest BCUT2D eigenvalue weighted by Crippen LogP contribution is -2.09. The fourth-order valence-corrected chi connectivity index (χ4v) is 1.89. The maximum absolute atomic E-state index is 10.8. The van der Waals surface area contributed by atoms with Gasteiger partial charge in [0.1, 0.15) is 12.0 Å². The fourth-order valence-electron chi connectivity index (χ4n) is 1.89. The van der Waals surface area contributed by atoms with Crippen LogP contribution in [0.2, 0.25) is 0 Å². The summed E-state index contributed by atoms with van der Waals surface area (Å²) in [4.78, 5) is 12.8. The highest BCUT2D eigenvalue weighted by Gasteiger charge is 2.08. The minimum Gasteiger partial charge on any atom is -0.478 e. The second kappa shape index (κ2) is 5.69. The average molecular weight is 274 g/mol. The van der Waals surface area contributed by atoms with Crippen molar-refractivity contribution in [1.82, 2.24) is 0 Å². The van der Waals surface area contributed by atoms with Crippen LogP contribution < -0.4 is 10.2 Å². The number of carboxylic acids is 1. The maximum Gasteiger partial charge on any atom is 0.338 e. The molecule has 1 aromatic heterocycles. The van der Waals surface area contributed by atoms with E-state index in [2.05, 4.69) is 11.4 Å². The predicted molar refractivity (Wildman–Crippen MR) is 78.5 cm³/mol. The van der Waals surface area contributed by atoms with Crippen LogP contribution in [0.25, 0.3) is 0 Å². The van der Waals surface area contributed by atoms with Crippen molar-refractivity contribution < 1.29 is 14.3 Å². The van der Waals surface area contributed by atoms with Crippen molar-refractivity contribution in [3.63, 3.8) is 0 Å². The van der Waals surface area contributed by atoms with Gasteiger partial charge in [0, 0.05) is 25.5 Å². The second-order valence-electron chi connectivity index (χ2n) is 4.85. The van der Waals surface area contributed by atoms with E-state index in [1.165, 1.54) is 12.3 Å². The molecule has 2 rings (SSSR count). The van der Waals surface area contributed by atoms with E-state index in [4.69, 9.17) is 9.52 Å². The Morgan fingerprint density at radius 3 is 2.65 bits per heavy atom. The van der Waals surface area contributed by atoms with Gasteiger partial charge in [0.25, 0.3) is 0 Å². The molecule has 20 heavy (non-hydrogen) atoms. The number of hydrogen-bond donors (Lipinski definition) is 2. The average Bonchev–Trinajstić information content (AvgIpc) is 2.86. The fraction of sp³-hybridized carbons (Fsp3) is 0.267. The van der Waals surface area contributed by atoms with Crippen LogP contribution in [-0.2, 0) is 6.54 Å². The van der Waals surface area contributed by atoms with Gasteiger partial charge in [-0.1, -0.05) is 0 Å². The molecular formula is C15H18N2O3. The SMILES string of the molecule is Cc1cc(N(C)C)ccc1NCc1cc(C(=O)O)co1. The van der Waals surface area contributed by atoms with Gasteiger partial charge < -0.3 is 19.7 Å². The molecule has 5 nitrogen and oxygen atoms in total. The van der Waals surface area contributed by atoms with Crippen molar-refractivity contribution in [1.29, 1.82) is 0 Å². The third-order valence-corrected chi connectivity index (χ3v) is 3.08. The number of benzene rings is 1. The molecule has 0 amide bonds. The number of carbonyl (C=O) groups is 1. The monoisotopic (exact) mass is 274 g/mol. The Morgan fingerprint density at radius 2 is 2.10 bits per heavy atom. The number of rotatable bonds is 5. The van der Waals surface area contributed by atoms with Crippen LogP contribution in [0.15, 0.2) is 34.9 Å². The van der Waals surface area contributed by atoms with Crippen LogP contribution in [-0.4, -0.2) is 25.2 Å². The lowest BCUT2D eigenvalue weighted by molar-refractivity contribution is 0.0696. The van der Waals surface area contributed by atoms with E-state index in [0.29, 0.717) is 12.3 Å². The Bertz CT molecular complexity index is 617. The molecule has 0 atom stereocenters. The molecule has 0 spiro atoms. The van der Waals surface area contributed by atoms with Gasteiger partial charge in [-0.2, -0.15) is 0 Å². The van der Waals surface area contributed by atoms with Crippen LogP contribution in [0.1, 0.15) is 21.7 Å². The molecule has 5 heteroatoms. The summed E-state index contributed by atoms with van der Waals surface area (Å²) in [7, 11) is 4.00. The molecule has 106 valence electrons. The summed E-state index contributed by atoms with van der Waals surface area (Å²) in [5, 5.41) is 12.1. The largest absolute Gasteiger partial charge is 0.478 e. The first-order valence-corrected chi connectivity index (χ1v) is 6.30. The molecule has 0 bridgehead atoms. The number of aromatic carboxylic acids is 1. The molecule has 1 aromatic carbocycles. The van der Waals surface area contributed by atoms with E-state index in [1.807, 2.05) is 38.1 Å². The van der Waals surface area contributed by atoms with Crippen LogP contribution in [0.3, 0.4) is 0 Å². The molecule has 0 aliphatic rings. The number of anilines is 2. The van der Waals surface area contributed by atoms with Crippen LogP contribution >= 0.6 is 0 Å². The first-order valence-electron chi connectivity index (χ1n) is 6.30. The number of hydrogen-bond acceptors (Lipinski definition) is 4. The molecule has 1 heterocycles. The highest BCUT2D eigenvalue weighted by Crippen LogP contribution is 2.22. The minimum atomic E-state index is -0.980. The van der Waals surface area contributed by atoms with Gasteiger partial charge in [-0.05, 0) is 36.8 Å². The normalized spacial score (nSPS) is 10.3. The van der Waals surface area contributed by atoms with Gasteiger partial charge in [0.05, 0.1) is 12.1 Å². The lowest BCUT2D eigenvalue weighted by Gasteiger charge is -2.15. The minimum absolute atomic E-state index is 0.168. The summed E-state index contributed by atoms with van der Waals surface area (Å²) in [5.74, 6) is -0.384. The molecule has 0 radical (unpaired) electrons. The first kappa shape index (κ1) is 14.0. The number of aryl methyl sites for hydroxylation is 1. The highest BCUT2D eigenvalue weighted by molar-refractivity contribution is 5.87. The Hall–Kier alpha value is -2.43. The zero-order valence-corrected chi connectivity index (χ0v) is 11.8. The Morgan fingerprint density at radius 1 is 1.35 bits per heavy atom. The zero-order valence-electron chi connectivity index (χ0n) is 11.8. The summed E-state index contributed by atoms with van der Waals surface area (Å²) < 4.78 is 5.20. The molecule has 0 aliphatic carbocycles. The van der Waals surface area contributed by atoms with Crippen LogP contribution in [0.5, 0.6) is 0 Å². The van der Waals surface area contributed by atoms with Gasteiger partial charge in [-0.15, -0.1) is 0 Å². The maximum atomic E-state index is 10.8. The van der Waals surface area contributed by atoms with Crippen molar-refractivity contribution in [2.24, 2.45) is 0 Å². The number of furan rings is 1. The Balaban J connectivity index is 2.05.